The minimum atomic E-state index is -2.19. The Morgan fingerprint density at radius 3 is 1.96 bits per heavy atom. The van der Waals surface area contributed by atoms with Crippen LogP contribution >= 0.6 is 11.6 Å². The van der Waals surface area contributed by atoms with E-state index in [1.165, 1.54) is 6.07 Å². The molecule has 1 fully saturated rings. The normalized spacial score (nSPS) is 20.0. The summed E-state index contributed by atoms with van der Waals surface area (Å²) in [6, 6.07) is 3.08. The molecule has 1 aliphatic rings. The fourth-order valence-corrected chi connectivity index (χ4v) is 3.54. The molecule has 0 spiro atoms. The van der Waals surface area contributed by atoms with Gasteiger partial charge in [-0.15, -0.1) is 0 Å². The third kappa shape index (κ3) is 3.92. The molecule has 1 aliphatic heterocycles. The molecule has 0 aliphatic carbocycles. The van der Waals surface area contributed by atoms with Gasteiger partial charge in [0.15, 0.2) is 11.6 Å². The lowest BCUT2D eigenvalue weighted by atomic mass is 9.79. The summed E-state index contributed by atoms with van der Waals surface area (Å²) in [7, 11) is -2.84. The molecule has 0 N–H and O–H groups in total. The van der Waals surface area contributed by atoms with Crippen molar-refractivity contribution in [3.8, 4) is 5.75 Å². The molecule has 0 aromatic heterocycles. The maximum atomic E-state index is 14.8. The van der Waals surface area contributed by atoms with Crippen molar-refractivity contribution in [2.24, 2.45) is 0 Å². The predicted octanol–water partition coefficient (Wildman–Crippen LogP) is 5.16. The molecule has 7 heteroatoms. The molecular weight excluding hydrogens is 358 g/mol. The first-order valence-corrected chi connectivity index (χ1v) is 11.9. The second kappa shape index (κ2) is 6.26. The molecule has 0 unspecified atom stereocenters. The smallest absolute Gasteiger partial charge is 0.494 e. The fraction of sp³-hybridized carbons (Fsp3) is 0.667. The minimum absolute atomic E-state index is 0.0484. The second-order valence-corrected chi connectivity index (χ2v) is 14.4. The van der Waals surface area contributed by atoms with Gasteiger partial charge < -0.3 is 13.7 Å². The van der Waals surface area contributed by atoms with Crippen LogP contribution in [0.3, 0.4) is 0 Å². The summed E-state index contributed by atoms with van der Waals surface area (Å²) in [6.45, 7) is 18.3. The van der Waals surface area contributed by atoms with Crippen LogP contribution in [0.4, 0.5) is 4.39 Å². The quantitative estimate of drug-likeness (QED) is 0.671. The Hall–Kier alpha value is -0.558. The van der Waals surface area contributed by atoms with E-state index in [4.69, 9.17) is 25.3 Å². The molecule has 1 aromatic rings. The van der Waals surface area contributed by atoms with Crippen LogP contribution in [0.5, 0.6) is 5.75 Å². The van der Waals surface area contributed by atoms with Gasteiger partial charge in [-0.1, -0.05) is 32.4 Å². The van der Waals surface area contributed by atoms with Crippen molar-refractivity contribution in [1.29, 1.82) is 0 Å². The van der Waals surface area contributed by atoms with Crippen molar-refractivity contribution in [2.75, 3.05) is 0 Å². The number of rotatable bonds is 3. The molecule has 25 heavy (non-hydrogen) atoms. The monoisotopic (exact) mass is 386 g/mol. The SMILES string of the molecule is CC1(C)OB(c2cc(F)c(O[Si](C)(C)C(C)(C)C)c(Cl)c2)OC1(C)C. The van der Waals surface area contributed by atoms with Gasteiger partial charge in [-0.25, -0.2) is 4.39 Å². The largest absolute Gasteiger partial charge is 0.541 e. The van der Waals surface area contributed by atoms with E-state index in [2.05, 4.69) is 33.9 Å². The van der Waals surface area contributed by atoms with Crippen LogP contribution < -0.4 is 9.89 Å². The highest BCUT2D eigenvalue weighted by Gasteiger charge is 2.52. The summed E-state index contributed by atoms with van der Waals surface area (Å²) in [5.41, 5.74) is -0.419. The summed E-state index contributed by atoms with van der Waals surface area (Å²) in [5.74, 6) is -0.365. The predicted molar refractivity (Wildman–Crippen MR) is 105 cm³/mol. The maximum absolute atomic E-state index is 14.8. The fourth-order valence-electron chi connectivity index (χ4n) is 2.20. The summed E-state index contributed by atoms with van der Waals surface area (Å²) in [6.07, 6.45) is 0. The lowest BCUT2D eigenvalue weighted by Crippen LogP contribution is -2.44. The van der Waals surface area contributed by atoms with Crippen molar-refractivity contribution < 1.29 is 18.1 Å². The average Bonchev–Trinajstić information content (AvgIpc) is 2.61. The van der Waals surface area contributed by atoms with Crippen LogP contribution in [-0.2, 0) is 9.31 Å². The van der Waals surface area contributed by atoms with Crippen LogP contribution in [0.25, 0.3) is 0 Å². The average molecular weight is 387 g/mol. The standard InChI is InChI=1S/C18H29BClFO3Si/c1-16(2,3)25(8,9)22-15-13(20)10-12(11-14(15)21)19-23-17(4,5)18(6,7)24-19/h10-11H,1-9H3. The lowest BCUT2D eigenvalue weighted by Gasteiger charge is -2.36. The highest BCUT2D eigenvalue weighted by Crippen LogP contribution is 2.41. The van der Waals surface area contributed by atoms with Gasteiger partial charge in [0.05, 0.1) is 16.2 Å². The van der Waals surface area contributed by atoms with E-state index in [-0.39, 0.29) is 15.8 Å². The van der Waals surface area contributed by atoms with E-state index in [1.807, 2.05) is 27.7 Å². The molecule has 1 aromatic carbocycles. The van der Waals surface area contributed by atoms with Crippen molar-refractivity contribution in [2.45, 2.75) is 77.8 Å². The zero-order valence-electron chi connectivity index (χ0n) is 16.7. The number of hydrogen-bond acceptors (Lipinski definition) is 3. The van der Waals surface area contributed by atoms with E-state index in [9.17, 15) is 4.39 Å². The molecule has 0 atom stereocenters. The Balaban J connectivity index is 2.33. The van der Waals surface area contributed by atoms with Gasteiger partial charge in [-0.2, -0.15) is 0 Å². The topological polar surface area (TPSA) is 27.7 Å². The molecular formula is C18H29BClFO3Si. The lowest BCUT2D eigenvalue weighted by molar-refractivity contribution is 0.00578. The van der Waals surface area contributed by atoms with Gasteiger partial charge in [0.25, 0.3) is 8.32 Å². The second-order valence-electron chi connectivity index (χ2n) is 9.26. The molecule has 0 saturated carbocycles. The van der Waals surface area contributed by atoms with Gasteiger partial charge in [0, 0.05) is 0 Å². The molecule has 1 saturated heterocycles. The Kier molecular flexibility index (Phi) is 5.19. The van der Waals surface area contributed by atoms with Crippen molar-refractivity contribution in [3.05, 3.63) is 23.0 Å². The van der Waals surface area contributed by atoms with Crippen molar-refractivity contribution in [3.63, 3.8) is 0 Å². The molecule has 3 nitrogen and oxygen atoms in total. The van der Waals surface area contributed by atoms with Gasteiger partial charge in [-0.05, 0) is 63.4 Å². The molecule has 0 bridgehead atoms. The number of benzene rings is 1. The zero-order chi connectivity index (χ0) is 19.4. The Morgan fingerprint density at radius 1 is 1.08 bits per heavy atom. The van der Waals surface area contributed by atoms with E-state index in [0.29, 0.717) is 5.46 Å². The maximum Gasteiger partial charge on any atom is 0.494 e. The molecule has 0 amide bonds. The van der Waals surface area contributed by atoms with Gasteiger partial charge in [-0.3, -0.25) is 0 Å². The molecule has 2 rings (SSSR count). The third-order valence-electron chi connectivity index (χ3n) is 5.71. The van der Waals surface area contributed by atoms with Gasteiger partial charge in [0.2, 0.25) is 0 Å². The molecule has 0 radical (unpaired) electrons. The number of halogens is 2. The first-order valence-electron chi connectivity index (χ1n) is 8.61. The highest BCUT2D eigenvalue weighted by molar-refractivity contribution is 6.74. The van der Waals surface area contributed by atoms with Gasteiger partial charge >= 0.3 is 7.12 Å². The Labute approximate surface area is 157 Å². The van der Waals surface area contributed by atoms with Gasteiger partial charge in [0.1, 0.15) is 0 Å². The molecule has 140 valence electrons. The van der Waals surface area contributed by atoms with E-state index >= 15 is 0 Å². The zero-order valence-corrected chi connectivity index (χ0v) is 18.5. The molecule has 1 heterocycles. The van der Waals surface area contributed by atoms with Crippen LogP contribution in [0, 0.1) is 5.82 Å². The summed E-state index contributed by atoms with van der Waals surface area (Å²) in [5, 5.41) is 0.196. The first-order chi connectivity index (χ1) is 11.1. The number of hydrogen-bond donors (Lipinski definition) is 0. The summed E-state index contributed by atoms with van der Waals surface area (Å²) in [4.78, 5) is 0. The third-order valence-corrected chi connectivity index (χ3v) is 10.3. The van der Waals surface area contributed by atoms with Crippen molar-refractivity contribution >= 4 is 32.5 Å². The summed E-state index contributed by atoms with van der Waals surface area (Å²) < 4.78 is 32.8. The Morgan fingerprint density at radius 2 is 1.56 bits per heavy atom. The van der Waals surface area contributed by atoms with Crippen LogP contribution in [0.2, 0.25) is 23.2 Å². The summed E-state index contributed by atoms with van der Waals surface area (Å²) >= 11 is 6.36. The minimum Gasteiger partial charge on any atom is -0.541 e. The van der Waals surface area contributed by atoms with E-state index in [1.54, 1.807) is 6.07 Å². The first kappa shape index (κ1) is 20.8. The highest BCUT2D eigenvalue weighted by atomic mass is 35.5. The van der Waals surface area contributed by atoms with E-state index in [0.717, 1.165) is 0 Å². The van der Waals surface area contributed by atoms with Crippen LogP contribution in [0.1, 0.15) is 48.5 Å². The Bertz CT molecular complexity index is 632. The van der Waals surface area contributed by atoms with E-state index < -0.39 is 32.5 Å². The van der Waals surface area contributed by atoms with Crippen LogP contribution in [-0.4, -0.2) is 26.6 Å². The van der Waals surface area contributed by atoms with Crippen molar-refractivity contribution in [1.82, 2.24) is 0 Å². The van der Waals surface area contributed by atoms with Crippen LogP contribution in [0.15, 0.2) is 12.1 Å².